The minimum absolute atomic E-state index is 0.0644. The summed E-state index contributed by atoms with van der Waals surface area (Å²) in [5, 5.41) is 8.65. The van der Waals surface area contributed by atoms with Crippen LogP contribution in [0.1, 0.15) is 24.8 Å². The third-order valence-electron chi connectivity index (χ3n) is 2.05. The van der Waals surface area contributed by atoms with E-state index in [0.29, 0.717) is 5.75 Å². The Kier molecular flexibility index (Phi) is 3.45. The second kappa shape index (κ2) is 4.60. The van der Waals surface area contributed by atoms with E-state index in [0.717, 1.165) is 5.56 Å². The number of aliphatic carboxylic acids is 1. The highest BCUT2D eigenvalue weighted by Gasteiger charge is 2.14. The first-order valence-electron chi connectivity index (χ1n) is 4.35. The fourth-order valence-electron chi connectivity index (χ4n) is 1.34. The molecule has 0 fully saturated rings. The van der Waals surface area contributed by atoms with Crippen molar-refractivity contribution < 1.29 is 14.6 Å². The van der Waals surface area contributed by atoms with E-state index in [4.69, 9.17) is 9.84 Å². The van der Waals surface area contributed by atoms with Crippen LogP contribution in [0.25, 0.3) is 0 Å². The molecular formula is C10H13NO3. The smallest absolute Gasteiger partial charge is 0.303 e. The van der Waals surface area contributed by atoms with Crippen LogP contribution in [-0.2, 0) is 4.79 Å². The van der Waals surface area contributed by atoms with Gasteiger partial charge in [0.2, 0.25) is 0 Å². The third kappa shape index (κ3) is 2.45. The van der Waals surface area contributed by atoms with Gasteiger partial charge in [0.1, 0.15) is 5.75 Å². The zero-order valence-corrected chi connectivity index (χ0v) is 8.23. The first-order chi connectivity index (χ1) is 6.65. The lowest BCUT2D eigenvalue weighted by molar-refractivity contribution is -0.137. The van der Waals surface area contributed by atoms with Crippen LogP contribution in [0.3, 0.4) is 0 Å². The SMILES string of the molecule is COc1cnccc1C(C)CC(=O)O. The Morgan fingerprint density at radius 3 is 3.00 bits per heavy atom. The van der Waals surface area contributed by atoms with E-state index in [2.05, 4.69) is 4.98 Å². The number of pyridine rings is 1. The lowest BCUT2D eigenvalue weighted by Crippen LogP contribution is -2.04. The van der Waals surface area contributed by atoms with Gasteiger partial charge in [-0.05, 0) is 12.0 Å². The molecule has 1 unspecified atom stereocenters. The Morgan fingerprint density at radius 2 is 2.43 bits per heavy atom. The molecule has 0 bridgehead atoms. The topological polar surface area (TPSA) is 59.4 Å². The number of carboxylic acid groups (broad SMARTS) is 1. The number of hydrogen-bond donors (Lipinski definition) is 1. The first kappa shape index (κ1) is 10.5. The van der Waals surface area contributed by atoms with Crippen molar-refractivity contribution in [1.29, 1.82) is 0 Å². The maximum atomic E-state index is 10.5. The van der Waals surface area contributed by atoms with Crippen molar-refractivity contribution in [3.63, 3.8) is 0 Å². The Hall–Kier alpha value is -1.58. The third-order valence-corrected chi connectivity index (χ3v) is 2.05. The van der Waals surface area contributed by atoms with Crippen LogP contribution in [0.4, 0.5) is 0 Å². The summed E-state index contributed by atoms with van der Waals surface area (Å²) in [6.45, 7) is 1.85. The molecule has 0 saturated carbocycles. The van der Waals surface area contributed by atoms with Gasteiger partial charge in [0, 0.05) is 11.8 Å². The van der Waals surface area contributed by atoms with E-state index in [1.54, 1.807) is 25.6 Å². The van der Waals surface area contributed by atoms with Gasteiger partial charge in [-0.1, -0.05) is 6.92 Å². The highest BCUT2D eigenvalue weighted by molar-refractivity contribution is 5.68. The van der Waals surface area contributed by atoms with E-state index in [-0.39, 0.29) is 12.3 Å². The zero-order valence-electron chi connectivity index (χ0n) is 8.23. The molecule has 0 radical (unpaired) electrons. The summed E-state index contributed by atoms with van der Waals surface area (Å²) in [6, 6.07) is 1.78. The van der Waals surface area contributed by atoms with Gasteiger partial charge in [-0.2, -0.15) is 0 Å². The minimum Gasteiger partial charge on any atom is -0.495 e. The van der Waals surface area contributed by atoms with Gasteiger partial charge in [0.05, 0.1) is 19.7 Å². The maximum absolute atomic E-state index is 10.5. The molecule has 4 nitrogen and oxygen atoms in total. The fraction of sp³-hybridized carbons (Fsp3) is 0.400. The van der Waals surface area contributed by atoms with Gasteiger partial charge in [-0.3, -0.25) is 9.78 Å². The molecule has 1 heterocycles. The number of methoxy groups -OCH3 is 1. The van der Waals surface area contributed by atoms with Crippen LogP contribution in [-0.4, -0.2) is 23.2 Å². The predicted octanol–water partition coefficient (Wildman–Crippen LogP) is 1.67. The molecule has 1 rings (SSSR count). The molecule has 0 spiro atoms. The summed E-state index contributed by atoms with van der Waals surface area (Å²) in [6.07, 6.45) is 3.32. The van der Waals surface area contributed by atoms with E-state index in [1.165, 1.54) is 0 Å². The molecule has 0 aliphatic rings. The summed E-state index contributed by atoms with van der Waals surface area (Å²) < 4.78 is 5.09. The fourth-order valence-corrected chi connectivity index (χ4v) is 1.34. The van der Waals surface area contributed by atoms with Gasteiger partial charge in [-0.25, -0.2) is 0 Å². The molecule has 1 aromatic heterocycles. The highest BCUT2D eigenvalue weighted by atomic mass is 16.5. The summed E-state index contributed by atoms with van der Waals surface area (Å²) in [7, 11) is 1.55. The van der Waals surface area contributed by atoms with Crippen molar-refractivity contribution in [3.8, 4) is 5.75 Å². The highest BCUT2D eigenvalue weighted by Crippen LogP contribution is 2.27. The largest absolute Gasteiger partial charge is 0.495 e. The minimum atomic E-state index is -0.809. The molecule has 0 amide bonds. The summed E-state index contributed by atoms with van der Waals surface area (Å²) in [5.74, 6) is -0.233. The van der Waals surface area contributed by atoms with E-state index in [1.807, 2.05) is 6.92 Å². The van der Waals surface area contributed by atoms with Gasteiger partial charge in [0.25, 0.3) is 0 Å². The van der Waals surface area contributed by atoms with Crippen molar-refractivity contribution in [1.82, 2.24) is 4.98 Å². The number of ether oxygens (including phenoxy) is 1. The standard InChI is InChI=1S/C10H13NO3/c1-7(5-10(12)13)8-3-4-11-6-9(8)14-2/h3-4,6-7H,5H2,1-2H3,(H,12,13). The Morgan fingerprint density at radius 1 is 1.71 bits per heavy atom. The maximum Gasteiger partial charge on any atom is 0.303 e. The quantitative estimate of drug-likeness (QED) is 0.793. The molecule has 1 aromatic rings. The number of rotatable bonds is 4. The van der Waals surface area contributed by atoms with Crippen LogP contribution in [0.2, 0.25) is 0 Å². The second-order valence-electron chi connectivity index (χ2n) is 3.12. The van der Waals surface area contributed by atoms with E-state index >= 15 is 0 Å². The molecule has 0 aliphatic heterocycles. The van der Waals surface area contributed by atoms with Crippen molar-refractivity contribution in [2.24, 2.45) is 0 Å². The van der Waals surface area contributed by atoms with Gasteiger partial charge in [-0.15, -0.1) is 0 Å². The molecule has 1 N–H and O–H groups in total. The number of carbonyl (C=O) groups is 1. The molecule has 76 valence electrons. The van der Waals surface area contributed by atoms with Crippen LogP contribution in [0.5, 0.6) is 5.75 Å². The lowest BCUT2D eigenvalue weighted by atomic mass is 9.98. The monoisotopic (exact) mass is 195 g/mol. The number of hydrogen-bond acceptors (Lipinski definition) is 3. The van der Waals surface area contributed by atoms with Crippen LogP contribution in [0.15, 0.2) is 18.5 Å². The van der Waals surface area contributed by atoms with Crippen molar-refractivity contribution in [2.75, 3.05) is 7.11 Å². The summed E-state index contributed by atoms with van der Waals surface area (Å²) >= 11 is 0. The van der Waals surface area contributed by atoms with Gasteiger partial charge in [0.15, 0.2) is 0 Å². The molecule has 4 heteroatoms. The Bertz CT molecular complexity index is 325. The normalized spacial score (nSPS) is 12.1. The summed E-state index contributed by atoms with van der Waals surface area (Å²) in [5.41, 5.74) is 0.880. The zero-order chi connectivity index (χ0) is 10.6. The van der Waals surface area contributed by atoms with Crippen LogP contribution >= 0.6 is 0 Å². The molecule has 14 heavy (non-hydrogen) atoms. The average Bonchev–Trinajstić information content (AvgIpc) is 2.16. The van der Waals surface area contributed by atoms with Crippen molar-refractivity contribution >= 4 is 5.97 Å². The predicted molar refractivity (Wildman–Crippen MR) is 51.5 cm³/mol. The van der Waals surface area contributed by atoms with E-state index in [9.17, 15) is 4.79 Å². The van der Waals surface area contributed by atoms with E-state index < -0.39 is 5.97 Å². The van der Waals surface area contributed by atoms with Crippen molar-refractivity contribution in [2.45, 2.75) is 19.3 Å². The summed E-state index contributed by atoms with van der Waals surface area (Å²) in [4.78, 5) is 14.4. The van der Waals surface area contributed by atoms with Crippen molar-refractivity contribution in [3.05, 3.63) is 24.0 Å². The lowest BCUT2D eigenvalue weighted by Gasteiger charge is -2.12. The first-order valence-corrected chi connectivity index (χ1v) is 4.35. The molecule has 0 aromatic carbocycles. The Balaban J connectivity index is 2.87. The molecule has 1 atom stereocenters. The number of aromatic nitrogens is 1. The van der Waals surface area contributed by atoms with Crippen LogP contribution in [0, 0.1) is 0 Å². The number of carboxylic acids is 1. The Labute approximate surface area is 82.5 Å². The average molecular weight is 195 g/mol. The number of nitrogens with zero attached hydrogens (tertiary/aromatic N) is 1. The molecule has 0 aliphatic carbocycles. The van der Waals surface area contributed by atoms with Gasteiger partial charge < -0.3 is 9.84 Å². The molecule has 0 saturated heterocycles. The van der Waals surface area contributed by atoms with Crippen LogP contribution < -0.4 is 4.74 Å². The van der Waals surface area contributed by atoms with Gasteiger partial charge >= 0.3 is 5.97 Å². The second-order valence-corrected chi connectivity index (χ2v) is 3.12. The molecular weight excluding hydrogens is 182 g/mol.